The van der Waals surface area contributed by atoms with Crippen molar-refractivity contribution in [1.29, 1.82) is 0 Å². The van der Waals surface area contributed by atoms with Crippen LogP contribution in [0.15, 0.2) is 68.0 Å². The van der Waals surface area contributed by atoms with Crippen LogP contribution in [0.25, 0.3) is 21.9 Å². The predicted octanol–water partition coefficient (Wildman–Crippen LogP) is 1.51. The van der Waals surface area contributed by atoms with Crippen LogP contribution in [-0.4, -0.2) is 28.3 Å². The monoisotopic (exact) mass is 398 g/mol. The first-order valence-corrected chi connectivity index (χ1v) is 9.31. The molecule has 0 atom stereocenters. The Bertz CT molecular complexity index is 1500. The van der Waals surface area contributed by atoms with Crippen molar-refractivity contribution >= 4 is 37.5 Å². The average Bonchev–Trinajstić information content (AvgIpc) is 2.67. The van der Waals surface area contributed by atoms with Crippen LogP contribution in [0.4, 0.5) is 5.69 Å². The normalized spacial score (nSPS) is 11.7. The molecule has 4 aromatic rings. The Morgan fingerprint density at radius 2 is 1.61 bits per heavy atom. The number of pyridine rings is 1. The van der Waals surface area contributed by atoms with Gasteiger partial charge in [-0.2, -0.15) is 0 Å². The summed E-state index contributed by atoms with van der Waals surface area (Å²) in [6, 6.07) is 9.39. The van der Waals surface area contributed by atoms with E-state index in [0.717, 1.165) is 12.1 Å². The molecule has 0 radical (unpaired) electrons. The van der Waals surface area contributed by atoms with E-state index in [1.807, 2.05) is 0 Å². The zero-order valence-corrected chi connectivity index (χ0v) is 14.7. The Labute approximate surface area is 155 Å². The number of benzene rings is 2. The van der Waals surface area contributed by atoms with Crippen molar-refractivity contribution in [3.8, 4) is 0 Å². The second-order valence-electron chi connectivity index (χ2n) is 5.86. The van der Waals surface area contributed by atoms with E-state index in [1.54, 1.807) is 18.2 Å². The maximum absolute atomic E-state index is 13.3. The van der Waals surface area contributed by atoms with E-state index < -0.39 is 36.5 Å². The van der Waals surface area contributed by atoms with Crippen molar-refractivity contribution in [3.05, 3.63) is 79.5 Å². The number of rotatable bonds is 3. The molecule has 0 saturated carbocycles. The number of fused-ring (bicyclic) bond motifs is 2. The minimum Gasteiger partial charge on any atom is -0.316 e. The molecule has 10 nitrogen and oxygen atoms in total. The molecule has 11 heteroatoms. The molecule has 0 aliphatic carbocycles. The van der Waals surface area contributed by atoms with Gasteiger partial charge >= 0.3 is 11.1 Å². The highest BCUT2D eigenvalue weighted by Gasteiger charge is 2.30. The second kappa shape index (κ2) is 6.09. The van der Waals surface area contributed by atoms with Gasteiger partial charge in [-0.25, -0.2) is 8.42 Å². The average molecular weight is 398 g/mol. The summed E-state index contributed by atoms with van der Waals surface area (Å²) >= 11 is 0. The van der Waals surface area contributed by atoms with Gasteiger partial charge in [0, 0.05) is 17.6 Å². The lowest BCUT2D eigenvalue weighted by Crippen LogP contribution is -2.29. The Balaban J connectivity index is 2.10. The molecule has 0 unspecified atom stereocenters. The van der Waals surface area contributed by atoms with Crippen LogP contribution >= 0.6 is 0 Å². The molecule has 28 heavy (non-hydrogen) atoms. The van der Waals surface area contributed by atoms with Crippen molar-refractivity contribution in [1.82, 2.24) is 15.0 Å². The zero-order valence-electron chi connectivity index (χ0n) is 13.9. The van der Waals surface area contributed by atoms with Gasteiger partial charge in [-0.1, -0.05) is 6.07 Å². The van der Waals surface area contributed by atoms with Gasteiger partial charge in [0.2, 0.25) is 9.84 Å². The molecule has 140 valence electrons. The molecule has 0 fully saturated rings. The lowest BCUT2D eigenvalue weighted by atomic mass is 10.2. The topological polar surface area (TPSA) is 156 Å². The number of hydrogen-bond donors (Lipinski definition) is 2. The minimum absolute atomic E-state index is 0.0489. The van der Waals surface area contributed by atoms with Gasteiger partial charge in [0.05, 0.1) is 26.4 Å². The van der Waals surface area contributed by atoms with Gasteiger partial charge in [-0.3, -0.25) is 24.7 Å². The highest BCUT2D eigenvalue weighted by atomic mass is 32.2. The summed E-state index contributed by atoms with van der Waals surface area (Å²) in [5.41, 5.74) is -2.43. The Morgan fingerprint density at radius 1 is 0.929 bits per heavy atom. The summed E-state index contributed by atoms with van der Waals surface area (Å²) in [6.07, 6.45) is 1.50. The van der Waals surface area contributed by atoms with Crippen LogP contribution in [0.3, 0.4) is 0 Å². The van der Waals surface area contributed by atoms with Gasteiger partial charge in [0.1, 0.15) is 0 Å². The van der Waals surface area contributed by atoms with Crippen molar-refractivity contribution in [2.75, 3.05) is 0 Å². The number of sulfone groups is 1. The number of H-pyrrole nitrogens is 2. The number of nitro benzene ring substituents is 1. The third kappa shape index (κ3) is 2.65. The summed E-state index contributed by atoms with van der Waals surface area (Å²) in [7, 11) is -4.35. The number of nitro groups is 1. The lowest BCUT2D eigenvalue weighted by molar-refractivity contribution is -0.387. The molecular weight excluding hydrogens is 388 g/mol. The molecule has 2 aromatic heterocycles. The van der Waals surface area contributed by atoms with Crippen molar-refractivity contribution in [3.63, 3.8) is 0 Å². The van der Waals surface area contributed by atoms with E-state index in [-0.39, 0.29) is 15.9 Å². The van der Waals surface area contributed by atoms with Crippen LogP contribution in [-0.2, 0) is 9.84 Å². The van der Waals surface area contributed by atoms with Crippen LogP contribution in [0.2, 0.25) is 0 Å². The SMILES string of the molecule is O=c1[nH]c2cc([N+](=O)[O-])c(S(=O)(=O)c3cccc4ncccc34)cc2[nH]c1=O. The molecule has 0 aliphatic rings. The van der Waals surface area contributed by atoms with E-state index in [4.69, 9.17) is 0 Å². The van der Waals surface area contributed by atoms with Crippen LogP contribution in [0.1, 0.15) is 0 Å². The maximum Gasteiger partial charge on any atom is 0.314 e. The Kier molecular flexibility index (Phi) is 3.82. The third-order valence-electron chi connectivity index (χ3n) is 4.18. The minimum atomic E-state index is -4.35. The third-order valence-corrected chi connectivity index (χ3v) is 6.02. The van der Waals surface area contributed by atoms with E-state index in [9.17, 15) is 28.1 Å². The Hall–Kier alpha value is -3.86. The number of hydrogen-bond acceptors (Lipinski definition) is 7. The van der Waals surface area contributed by atoms with Gasteiger partial charge in [-0.05, 0) is 30.3 Å². The molecule has 0 bridgehead atoms. The van der Waals surface area contributed by atoms with Crippen LogP contribution < -0.4 is 11.1 Å². The zero-order chi connectivity index (χ0) is 20.1. The van der Waals surface area contributed by atoms with Crippen molar-refractivity contribution in [2.45, 2.75) is 9.79 Å². The summed E-state index contributed by atoms with van der Waals surface area (Å²) in [5.74, 6) is 0. The van der Waals surface area contributed by atoms with Crippen LogP contribution in [0.5, 0.6) is 0 Å². The molecular formula is C17H10N4O6S. The summed E-state index contributed by atoms with van der Waals surface area (Å²) in [6.45, 7) is 0. The first kappa shape index (κ1) is 17.5. The first-order valence-electron chi connectivity index (χ1n) is 7.82. The highest BCUT2D eigenvalue weighted by molar-refractivity contribution is 7.92. The molecule has 2 N–H and O–H groups in total. The first-order chi connectivity index (χ1) is 13.3. The van der Waals surface area contributed by atoms with Crippen molar-refractivity contribution < 1.29 is 13.3 Å². The smallest absolute Gasteiger partial charge is 0.314 e. The van der Waals surface area contributed by atoms with Crippen LogP contribution in [0, 0.1) is 10.1 Å². The molecule has 0 aliphatic heterocycles. The number of aromatic nitrogens is 3. The number of nitrogens with one attached hydrogen (secondary N) is 2. The lowest BCUT2D eigenvalue weighted by Gasteiger charge is -2.09. The fourth-order valence-electron chi connectivity index (χ4n) is 2.92. The highest BCUT2D eigenvalue weighted by Crippen LogP contribution is 2.34. The summed E-state index contributed by atoms with van der Waals surface area (Å²) in [4.78, 5) is 41.4. The van der Waals surface area contributed by atoms with E-state index in [0.29, 0.717) is 10.9 Å². The molecule has 4 rings (SSSR count). The standard InChI is InChI=1S/C17H10N4O6S/c22-16-17(23)20-12-8-15(13(21(24)25)7-11(12)19-16)28(26,27)14-5-1-4-10-9(14)3-2-6-18-10/h1-8H,(H,19,22)(H,20,23). The van der Waals surface area contributed by atoms with E-state index >= 15 is 0 Å². The quantitative estimate of drug-likeness (QED) is 0.301. The molecule has 2 aromatic carbocycles. The van der Waals surface area contributed by atoms with Crippen molar-refractivity contribution in [2.24, 2.45) is 0 Å². The molecule has 0 amide bonds. The fourth-order valence-corrected chi connectivity index (χ4v) is 4.56. The second-order valence-corrected chi connectivity index (χ2v) is 7.75. The maximum atomic E-state index is 13.3. The van der Waals surface area contributed by atoms with Gasteiger partial charge in [-0.15, -0.1) is 0 Å². The molecule has 2 heterocycles. The summed E-state index contributed by atoms with van der Waals surface area (Å²) in [5, 5.41) is 11.8. The van der Waals surface area contributed by atoms with E-state index in [1.165, 1.54) is 18.3 Å². The molecule has 0 saturated heterocycles. The summed E-state index contributed by atoms with van der Waals surface area (Å²) < 4.78 is 26.5. The molecule has 0 spiro atoms. The number of nitrogens with zero attached hydrogens (tertiary/aromatic N) is 2. The fraction of sp³-hybridized carbons (Fsp3) is 0. The van der Waals surface area contributed by atoms with Gasteiger partial charge in [0.25, 0.3) is 5.69 Å². The van der Waals surface area contributed by atoms with Gasteiger partial charge < -0.3 is 9.97 Å². The largest absolute Gasteiger partial charge is 0.316 e. The predicted molar refractivity (Wildman–Crippen MR) is 99.0 cm³/mol. The Morgan fingerprint density at radius 3 is 2.29 bits per heavy atom. The van der Waals surface area contributed by atoms with E-state index in [2.05, 4.69) is 15.0 Å². The van der Waals surface area contributed by atoms with Gasteiger partial charge in [0.15, 0.2) is 4.90 Å². The number of aromatic amines is 2.